The molecule has 0 radical (unpaired) electrons. The van der Waals surface area contributed by atoms with Crippen LogP contribution in [0.3, 0.4) is 0 Å². The number of nitrogens with one attached hydrogen (secondary N) is 2. The third kappa shape index (κ3) is 5.00. The van der Waals surface area contributed by atoms with Gasteiger partial charge in [0.25, 0.3) is 5.91 Å². The molecule has 1 saturated heterocycles. The van der Waals surface area contributed by atoms with Gasteiger partial charge in [-0.05, 0) is 24.6 Å². The lowest BCUT2D eigenvalue weighted by Crippen LogP contribution is -2.37. The molecule has 34 heavy (non-hydrogen) atoms. The summed E-state index contributed by atoms with van der Waals surface area (Å²) in [5.41, 5.74) is 6.22. The number of anilines is 3. The number of hydrogen-bond donors (Lipinski definition) is 2. The second kappa shape index (κ2) is 9.89. The zero-order valence-corrected chi connectivity index (χ0v) is 19.2. The molecule has 2 N–H and O–H groups in total. The second-order valence-corrected chi connectivity index (χ2v) is 8.60. The Morgan fingerprint density at radius 2 is 2.06 bits per heavy atom. The van der Waals surface area contributed by atoms with Crippen molar-refractivity contribution in [2.75, 3.05) is 41.9 Å². The number of benzene rings is 1. The Labute approximate surface area is 199 Å². The topological polar surface area (TPSA) is 118 Å². The van der Waals surface area contributed by atoms with E-state index < -0.39 is 0 Å². The number of nitrogens with zero attached hydrogens (tertiary/aromatic N) is 6. The SMILES string of the molecule is Cc1cccc(/C=N/Nc2nc(N3CCOCC3)c3nc(C(=O)Nc4cccnc4)sc3n2)c1. The smallest absolute Gasteiger partial charge is 0.284 e. The lowest BCUT2D eigenvalue weighted by atomic mass is 10.2. The van der Waals surface area contributed by atoms with Gasteiger partial charge in [-0.2, -0.15) is 15.1 Å². The number of rotatable bonds is 6. The Morgan fingerprint density at radius 3 is 2.85 bits per heavy atom. The summed E-state index contributed by atoms with van der Waals surface area (Å²) in [5, 5.41) is 7.41. The molecular weight excluding hydrogens is 452 g/mol. The summed E-state index contributed by atoms with van der Waals surface area (Å²) in [4.78, 5) is 33.3. The number of morpholine rings is 1. The van der Waals surface area contributed by atoms with E-state index in [0.717, 1.165) is 11.1 Å². The molecular formula is C23H22N8O2S. The van der Waals surface area contributed by atoms with Crippen molar-refractivity contribution in [3.63, 3.8) is 0 Å². The molecule has 3 aromatic heterocycles. The van der Waals surface area contributed by atoms with Gasteiger partial charge in [-0.15, -0.1) is 0 Å². The van der Waals surface area contributed by atoms with Gasteiger partial charge < -0.3 is 15.0 Å². The number of thiazole rings is 1. The highest BCUT2D eigenvalue weighted by atomic mass is 32.1. The van der Waals surface area contributed by atoms with Crippen molar-refractivity contribution in [3.8, 4) is 0 Å². The van der Waals surface area contributed by atoms with Crippen molar-refractivity contribution < 1.29 is 9.53 Å². The fourth-order valence-electron chi connectivity index (χ4n) is 3.49. The highest BCUT2D eigenvalue weighted by molar-refractivity contribution is 7.20. The first-order chi connectivity index (χ1) is 16.7. The number of carbonyl (C=O) groups excluding carboxylic acids is 1. The molecule has 5 rings (SSSR count). The minimum absolute atomic E-state index is 0.295. The van der Waals surface area contributed by atoms with Crippen LogP contribution >= 0.6 is 11.3 Å². The molecule has 4 heterocycles. The summed E-state index contributed by atoms with van der Waals surface area (Å²) >= 11 is 1.20. The first-order valence-corrected chi connectivity index (χ1v) is 11.6. The summed E-state index contributed by atoms with van der Waals surface area (Å²) in [6.45, 7) is 4.57. The number of pyridine rings is 1. The van der Waals surface area contributed by atoms with E-state index in [4.69, 9.17) is 4.74 Å². The largest absolute Gasteiger partial charge is 0.378 e. The van der Waals surface area contributed by atoms with Crippen LogP contribution in [0.2, 0.25) is 0 Å². The van der Waals surface area contributed by atoms with Gasteiger partial charge in [0, 0.05) is 19.3 Å². The predicted octanol–water partition coefficient (Wildman–Crippen LogP) is 3.32. The van der Waals surface area contributed by atoms with E-state index in [1.807, 2.05) is 31.2 Å². The molecule has 10 nitrogen and oxygen atoms in total. The summed E-state index contributed by atoms with van der Waals surface area (Å²) in [5.74, 6) is 0.662. The molecule has 0 unspecified atom stereocenters. The fraction of sp³-hybridized carbons (Fsp3) is 0.217. The standard InChI is InChI=1S/C23H22N8O2S/c1-15-4-2-5-16(12-15)13-25-30-23-28-19(31-8-10-33-11-9-31)18-21(29-23)34-22(27-18)20(32)26-17-6-3-7-24-14-17/h2-7,12-14H,8-11H2,1H3,(H,26,32)(H,28,29,30)/b25-13+. The maximum atomic E-state index is 12.8. The molecule has 4 aromatic rings. The Hall–Kier alpha value is -3.96. The molecule has 11 heteroatoms. The maximum absolute atomic E-state index is 12.8. The number of aromatic nitrogens is 4. The van der Waals surface area contributed by atoms with Crippen molar-refractivity contribution in [1.29, 1.82) is 0 Å². The third-order valence-corrected chi connectivity index (χ3v) is 6.03. The summed E-state index contributed by atoms with van der Waals surface area (Å²) in [6.07, 6.45) is 4.94. The molecule has 1 amide bonds. The van der Waals surface area contributed by atoms with Gasteiger partial charge >= 0.3 is 0 Å². The van der Waals surface area contributed by atoms with E-state index in [1.165, 1.54) is 11.3 Å². The number of ether oxygens (including phenoxy) is 1. The number of aryl methyl sites for hydroxylation is 1. The predicted molar refractivity (Wildman–Crippen MR) is 133 cm³/mol. The van der Waals surface area contributed by atoms with Crippen molar-refractivity contribution in [2.45, 2.75) is 6.92 Å². The zero-order chi connectivity index (χ0) is 23.3. The van der Waals surface area contributed by atoms with Gasteiger partial charge in [0.2, 0.25) is 5.95 Å². The quantitative estimate of drug-likeness (QED) is 0.323. The molecule has 1 fully saturated rings. The van der Waals surface area contributed by atoms with Crippen LogP contribution in [-0.2, 0) is 4.74 Å². The van der Waals surface area contributed by atoms with Gasteiger partial charge in [-0.1, -0.05) is 41.2 Å². The van der Waals surface area contributed by atoms with Gasteiger partial charge in [-0.25, -0.2) is 10.4 Å². The van der Waals surface area contributed by atoms with Crippen molar-refractivity contribution >= 4 is 51.3 Å². The normalized spacial score (nSPS) is 14.0. The molecule has 0 bridgehead atoms. The minimum Gasteiger partial charge on any atom is -0.378 e. The van der Waals surface area contributed by atoms with Crippen LogP contribution in [0, 0.1) is 6.92 Å². The molecule has 0 aliphatic carbocycles. The fourth-order valence-corrected chi connectivity index (χ4v) is 4.32. The summed E-state index contributed by atoms with van der Waals surface area (Å²) in [6, 6.07) is 11.5. The van der Waals surface area contributed by atoms with Crippen LogP contribution in [0.5, 0.6) is 0 Å². The second-order valence-electron chi connectivity index (χ2n) is 7.62. The molecule has 0 spiro atoms. The van der Waals surface area contributed by atoms with E-state index in [-0.39, 0.29) is 5.91 Å². The van der Waals surface area contributed by atoms with Crippen LogP contribution < -0.4 is 15.6 Å². The van der Waals surface area contributed by atoms with E-state index in [9.17, 15) is 4.79 Å². The Morgan fingerprint density at radius 1 is 1.18 bits per heavy atom. The lowest BCUT2D eigenvalue weighted by molar-refractivity contribution is 0.102. The van der Waals surface area contributed by atoms with Crippen molar-refractivity contribution in [1.82, 2.24) is 19.9 Å². The first kappa shape index (κ1) is 21.9. The molecule has 1 aliphatic heterocycles. The van der Waals surface area contributed by atoms with Crippen LogP contribution in [0.4, 0.5) is 17.5 Å². The van der Waals surface area contributed by atoms with Crippen molar-refractivity contribution in [3.05, 3.63) is 64.9 Å². The van der Waals surface area contributed by atoms with Crippen LogP contribution in [0.25, 0.3) is 10.3 Å². The average Bonchev–Trinajstić information content (AvgIpc) is 3.29. The molecule has 0 atom stereocenters. The van der Waals surface area contributed by atoms with E-state index in [2.05, 4.69) is 40.7 Å². The monoisotopic (exact) mass is 474 g/mol. The third-order valence-electron chi connectivity index (χ3n) is 5.08. The number of amides is 1. The number of hydrazone groups is 1. The van der Waals surface area contributed by atoms with Crippen LogP contribution in [0.1, 0.15) is 20.9 Å². The minimum atomic E-state index is -0.323. The van der Waals surface area contributed by atoms with Crippen molar-refractivity contribution in [2.24, 2.45) is 5.10 Å². The first-order valence-electron chi connectivity index (χ1n) is 10.7. The number of hydrogen-bond acceptors (Lipinski definition) is 10. The lowest BCUT2D eigenvalue weighted by Gasteiger charge is -2.27. The average molecular weight is 475 g/mol. The maximum Gasteiger partial charge on any atom is 0.284 e. The van der Waals surface area contributed by atoms with Crippen LogP contribution in [0.15, 0.2) is 53.9 Å². The highest BCUT2D eigenvalue weighted by Gasteiger charge is 2.22. The van der Waals surface area contributed by atoms with Gasteiger partial charge in [0.1, 0.15) is 5.52 Å². The number of carbonyl (C=O) groups is 1. The summed E-state index contributed by atoms with van der Waals surface area (Å²) in [7, 11) is 0. The van der Waals surface area contributed by atoms with Gasteiger partial charge in [0.05, 0.1) is 31.3 Å². The zero-order valence-electron chi connectivity index (χ0n) is 18.4. The van der Waals surface area contributed by atoms with E-state index >= 15 is 0 Å². The van der Waals surface area contributed by atoms with Gasteiger partial charge in [0.15, 0.2) is 15.7 Å². The highest BCUT2D eigenvalue weighted by Crippen LogP contribution is 2.30. The van der Waals surface area contributed by atoms with Gasteiger partial charge in [-0.3, -0.25) is 9.78 Å². The Bertz CT molecular complexity index is 1340. The Balaban J connectivity index is 1.45. The molecule has 172 valence electrons. The molecule has 1 aliphatic rings. The van der Waals surface area contributed by atoms with E-state index in [0.29, 0.717) is 59.1 Å². The van der Waals surface area contributed by atoms with Crippen LogP contribution in [-0.4, -0.2) is 58.4 Å². The van der Waals surface area contributed by atoms with E-state index in [1.54, 1.807) is 30.7 Å². The molecule has 1 aromatic carbocycles. The molecule has 0 saturated carbocycles. The summed E-state index contributed by atoms with van der Waals surface area (Å²) < 4.78 is 5.48. The number of fused-ring (bicyclic) bond motifs is 1. The Kier molecular flexibility index (Phi) is 6.36.